The topological polar surface area (TPSA) is 57.4 Å². The van der Waals surface area contributed by atoms with Crippen molar-refractivity contribution in [3.63, 3.8) is 0 Å². The SMILES string of the molecule is CCCOc1ccccc1OCc1cccnc1N. The molecule has 0 aliphatic heterocycles. The molecule has 2 N–H and O–H groups in total. The fourth-order valence-electron chi connectivity index (χ4n) is 1.63. The van der Waals surface area contributed by atoms with E-state index in [1.807, 2.05) is 36.4 Å². The Bertz CT molecular complexity index is 529. The molecular weight excluding hydrogens is 240 g/mol. The quantitative estimate of drug-likeness (QED) is 0.865. The lowest BCUT2D eigenvalue weighted by Gasteiger charge is -2.12. The first-order valence-electron chi connectivity index (χ1n) is 6.35. The van der Waals surface area contributed by atoms with Crippen molar-refractivity contribution in [2.75, 3.05) is 12.3 Å². The number of rotatable bonds is 6. The molecule has 0 unspecified atom stereocenters. The summed E-state index contributed by atoms with van der Waals surface area (Å²) in [5, 5.41) is 0. The maximum atomic E-state index is 5.78. The predicted molar refractivity (Wildman–Crippen MR) is 75.2 cm³/mol. The summed E-state index contributed by atoms with van der Waals surface area (Å²) in [5.41, 5.74) is 6.65. The van der Waals surface area contributed by atoms with E-state index in [0.717, 1.165) is 23.5 Å². The first-order chi connectivity index (χ1) is 9.31. The molecule has 0 bridgehead atoms. The number of hydrogen-bond donors (Lipinski definition) is 1. The van der Waals surface area contributed by atoms with E-state index in [2.05, 4.69) is 11.9 Å². The van der Waals surface area contributed by atoms with Crippen LogP contribution in [0.3, 0.4) is 0 Å². The summed E-state index contributed by atoms with van der Waals surface area (Å²) in [7, 11) is 0. The highest BCUT2D eigenvalue weighted by Crippen LogP contribution is 2.27. The summed E-state index contributed by atoms with van der Waals surface area (Å²) >= 11 is 0. The Morgan fingerprint density at radius 3 is 2.47 bits per heavy atom. The average molecular weight is 258 g/mol. The standard InChI is InChI=1S/C15H18N2O2/c1-2-10-18-13-7-3-4-8-14(13)19-11-12-6-5-9-17-15(12)16/h3-9H,2,10-11H2,1H3,(H2,16,17). The van der Waals surface area contributed by atoms with Gasteiger partial charge in [-0.2, -0.15) is 0 Å². The van der Waals surface area contributed by atoms with Gasteiger partial charge in [0.15, 0.2) is 11.5 Å². The van der Waals surface area contributed by atoms with E-state index >= 15 is 0 Å². The van der Waals surface area contributed by atoms with Crippen LogP contribution in [0.4, 0.5) is 5.82 Å². The van der Waals surface area contributed by atoms with Crippen molar-refractivity contribution in [2.24, 2.45) is 0 Å². The van der Waals surface area contributed by atoms with Gasteiger partial charge < -0.3 is 15.2 Å². The Hall–Kier alpha value is -2.23. The zero-order valence-corrected chi connectivity index (χ0v) is 11.0. The molecule has 0 fully saturated rings. The van der Waals surface area contributed by atoms with Gasteiger partial charge in [-0.25, -0.2) is 4.98 Å². The highest BCUT2D eigenvalue weighted by Gasteiger charge is 2.05. The minimum atomic E-state index is 0.381. The second-order valence-electron chi connectivity index (χ2n) is 4.13. The molecular formula is C15H18N2O2. The number of hydrogen-bond acceptors (Lipinski definition) is 4. The minimum Gasteiger partial charge on any atom is -0.490 e. The van der Waals surface area contributed by atoms with Crippen molar-refractivity contribution in [1.82, 2.24) is 4.98 Å². The molecule has 0 amide bonds. The molecule has 0 saturated heterocycles. The fraction of sp³-hybridized carbons (Fsp3) is 0.267. The molecule has 0 aliphatic carbocycles. The zero-order chi connectivity index (χ0) is 13.5. The van der Waals surface area contributed by atoms with Gasteiger partial charge in [0.1, 0.15) is 12.4 Å². The van der Waals surface area contributed by atoms with E-state index in [1.165, 1.54) is 0 Å². The number of anilines is 1. The van der Waals surface area contributed by atoms with Crippen molar-refractivity contribution >= 4 is 5.82 Å². The maximum absolute atomic E-state index is 5.78. The molecule has 2 rings (SSSR count). The second kappa shape index (κ2) is 6.64. The molecule has 0 aliphatic rings. The monoisotopic (exact) mass is 258 g/mol. The van der Waals surface area contributed by atoms with Crippen LogP contribution in [0, 0.1) is 0 Å². The van der Waals surface area contributed by atoms with Gasteiger partial charge in [-0.1, -0.05) is 25.1 Å². The highest BCUT2D eigenvalue weighted by atomic mass is 16.5. The number of nitrogens with two attached hydrogens (primary N) is 1. The molecule has 1 aromatic carbocycles. The summed E-state index contributed by atoms with van der Waals surface area (Å²) in [6.07, 6.45) is 2.63. The van der Waals surface area contributed by atoms with Crippen LogP contribution in [-0.4, -0.2) is 11.6 Å². The number of para-hydroxylation sites is 2. The minimum absolute atomic E-state index is 0.381. The van der Waals surface area contributed by atoms with Gasteiger partial charge in [0.25, 0.3) is 0 Å². The average Bonchev–Trinajstić information content (AvgIpc) is 2.45. The molecule has 4 nitrogen and oxygen atoms in total. The van der Waals surface area contributed by atoms with Gasteiger partial charge >= 0.3 is 0 Å². The molecule has 1 aromatic heterocycles. The lowest BCUT2D eigenvalue weighted by molar-refractivity contribution is 0.262. The van der Waals surface area contributed by atoms with E-state index < -0.39 is 0 Å². The summed E-state index contributed by atoms with van der Waals surface area (Å²) in [4.78, 5) is 4.03. The molecule has 19 heavy (non-hydrogen) atoms. The van der Waals surface area contributed by atoms with Crippen LogP contribution in [0.15, 0.2) is 42.6 Å². The third kappa shape index (κ3) is 3.61. The van der Waals surface area contributed by atoms with Crippen LogP contribution in [0.2, 0.25) is 0 Å². The Morgan fingerprint density at radius 2 is 1.79 bits per heavy atom. The lowest BCUT2D eigenvalue weighted by atomic mass is 10.2. The van der Waals surface area contributed by atoms with Gasteiger partial charge in [0, 0.05) is 11.8 Å². The van der Waals surface area contributed by atoms with E-state index in [1.54, 1.807) is 6.20 Å². The van der Waals surface area contributed by atoms with E-state index in [-0.39, 0.29) is 0 Å². The molecule has 4 heteroatoms. The number of ether oxygens (including phenoxy) is 2. The van der Waals surface area contributed by atoms with E-state index in [4.69, 9.17) is 15.2 Å². The lowest BCUT2D eigenvalue weighted by Crippen LogP contribution is -2.03. The first-order valence-corrected chi connectivity index (χ1v) is 6.35. The summed E-state index contributed by atoms with van der Waals surface area (Å²) in [6, 6.07) is 11.4. The number of benzene rings is 1. The molecule has 2 aromatic rings. The van der Waals surface area contributed by atoms with Crippen molar-refractivity contribution in [3.05, 3.63) is 48.2 Å². The van der Waals surface area contributed by atoms with Gasteiger partial charge in [0.2, 0.25) is 0 Å². The predicted octanol–water partition coefficient (Wildman–Crippen LogP) is 3.03. The van der Waals surface area contributed by atoms with E-state index in [0.29, 0.717) is 19.0 Å². The van der Waals surface area contributed by atoms with Gasteiger partial charge in [0.05, 0.1) is 6.61 Å². The van der Waals surface area contributed by atoms with Crippen molar-refractivity contribution in [1.29, 1.82) is 0 Å². The molecule has 0 radical (unpaired) electrons. The first kappa shape index (κ1) is 13.2. The van der Waals surface area contributed by atoms with Gasteiger partial charge in [-0.3, -0.25) is 0 Å². The number of nitrogens with zero attached hydrogens (tertiary/aromatic N) is 1. The normalized spacial score (nSPS) is 10.2. The Morgan fingerprint density at radius 1 is 1.05 bits per heavy atom. The molecule has 0 spiro atoms. The molecule has 1 heterocycles. The molecule has 0 saturated carbocycles. The Balaban J connectivity index is 2.05. The van der Waals surface area contributed by atoms with Crippen molar-refractivity contribution < 1.29 is 9.47 Å². The number of aromatic nitrogens is 1. The maximum Gasteiger partial charge on any atom is 0.161 e. The van der Waals surface area contributed by atoms with Crippen molar-refractivity contribution in [2.45, 2.75) is 20.0 Å². The van der Waals surface area contributed by atoms with Crippen LogP contribution in [0.25, 0.3) is 0 Å². The third-order valence-electron chi connectivity index (χ3n) is 2.62. The second-order valence-corrected chi connectivity index (χ2v) is 4.13. The van der Waals surface area contributed by atoms with Crippen LogP contribution >= 0.6 is 0 Å². The van der Waals surface area contributed by atoms with Gasteiger partial charge in [-0.15, -0.1) is 0 Å². The smallest absolute Gasteiger partial charge is 0.161 e. The Kier molecular flexibility index (Phi) is 4.61. The number of pyridine rings is 1. The van der Waals surface area contributed by atoms with Crippen LogP contribution < -0.4 is 15.2 Å². The number of nitrogen functional groups attached to an aromatic ring is 1. The Labute approximate surface area is 113 Å². The largest absolute Gasteiger partial charge is 0.490 e. The zero-order valence-electron chi connectivity index (χ0n) is 11.0. The summed E-state index contributed by atoms with van der Waals surface area (Å²) < 4.78 is 11.4. The molecule has 100 valence electrons. The van der Waals surface area contributed by atoms with E-state index in [9.17, 15) is 0 Å². The third-order valence-corrected chi connectivity index (χ3v) is 2.62. The van der Waals surface area contributed by atoms with Gasteiger partial charge in [-0.05, 0) is 24.6 Å². The highest BCUT2D eigenvalue weighted by molar-refractivity contribution is 5.41. The van der Waals surface area contributed by atoms with Crippen LogP contribution in [-0.2, 0) is 6.61 Å². The summed E-state index contributed by atoms with van der Waals surface area (Å²) in [6.45, 7) is 3.13. The molecule has 0 atom stereocenters. The summed E-state index contributed by atoms with van der Waals surface area (Å²) in [5.74, 6) is 1.97. The van der Waals surface area contributed by atoms with Crippen LogP contribution in [0.5, 0.6) is 11.5 Å². The van der Waals surface area contributed by atoms with Crippen LogP contribution in [0.1, 0.15) is 18.9 Å². The van der Waals surface area contributed by atoms with Crippen molar-refractivity contribution in [3.8, 4) is 11.5 Å². The fourth-order valence-corrected chi connectivity index (χ4v) is 1.63.